The Bertz CT molecular complexity index is 121. The van der Waals surface area contributed by atoms with Gasteiger partial charge in [0.25, 0.3) is 0 Å². The van der Waals surface area contributed by atoms with E-state index in [1.54, 1.807) is 0 Å². The van der Waals surface area contributed by atoms with Crippen molar-refractivity contribution in [1.29, 1.82) is 0 Å². The van der Waals surface area contributed by atoms with Gasteiger partial charge in [-0.3, -0.25) is 5.32 Å². The summed E-state index contributed by atoms with van der Waals surface area (Å²) >= 11 is 0. The van der Waals surface area contributed by atoms with E-state index >= 15 is 0 Å². The van der Waals surface area contributed by atoms with Crippen LogP contribution in [0.5, 0.6) is 0 Å². The molecule has 0 aliphatic carbocycles. The number of nitrogens with zero attached hydrogens (tertiary/aromatic N) is 2. The van der Waals surface area contributed by atoms with Crippen LogP contribution < -0.4 is 5.32 Å². The van der Waals surface area contributed by atoms with Crippen molar-refractivity contribution in [1.82, 2.24) is 5.32 Å². The number of rotatable bonds is 4. The molecule has 0 aliphatic heterocycles. The zero-order valence-corrected chi connectivity index (χ0v) is 6.89. The molecule has 0 aromatic rings. The van der Waals surface area contributed by atoms with Gasteiger partial charge in [0, 0.05) is 6.54 Å². The van der Waals surface area contributed by atoms with Crippen molar-refractivity contribution >= 4 is 6.01 Å². The molecule has 0 aromatic carbocycles. The zero-order valence-electron chi connectivity index (χ0n) is 6.89. The largest absolute Gasteiger partial charge is 0.298 e. The van der Waals surface area contributed by atoms with Crippen LogP contribution in [0.1, 0.15) is 20.3 Å². The summed E-state index contributed by atoms with van der Waals surface area (Å²) in [4.78, 5) is 7.87. The molecule has 0 aromatic heterocycles. The van der Waals surface area contributed by atoms with Gasteiger partial charge < -0.3 is 0 Å². The second kappa shape index (κ2) is 6.46. The first-order chi connectivity index (χ1) is 4.85. The van der Waals surface area contributed by atoms with Gasteiger partial charge in [0.2, 0.25) is 0 Å². The maximum absolute atomic E-state index is 4.02. The quantitative estimate of drug-likeness (QED) is 0.585. The minimum Gasteiger partial charge on any atom is -0.298 e. The second-order valence-corrected chi connectivity index (χ2v) is 1.92. The van der Waals surface area contributed by atoms with E-state index in [9.17, 15) is 0 Å². The molecule has 1 N–H and O–H groups in total. The first-order valence-electron chi connectivity index (χ1n) is 3.63. The van der Waals surface area contributed by atoms with Crippen molar-refractivity contribution in [2.75, 3.05) is 13.6 Å². The van der Waals surface area contributed by atoms with Crippen LogP contribution in [0.2, 0.25) is 0 Å². The van der Waals surface area contributed by atoms with Gasteiger partial charge in [0.15, 0.2) is 0 Å². The maximum atomic E-state index is 4.02. The molecule has 58 valence electrons. The van der Waals surface area contributed by atoms with E-state index in [-0.39, 0.29) is 6.17 Å². The topological polar surface area (TPSA) is 36.8 Å². The SMILES string of the molecule is CCN=C=NC(CC)NC. The zero-order chi connectivity index (χ0) is 7.82. The van der Waals surface area contributed by atoms with Crippen molar-refractivity contribution in [2.24, 2.45) is 9.98 Å². The molecule has 0 spiro atoms. The molecular weight excluding hydrogens is 126 g/mol. The van der Waals surface area contributed by atoms with Gasteiger partial charge in [-0.05, 0) is 20.4 Å². The van der Waals surface area contributed by atoms with Crippen LogP contribution >= 0.6 is 0 Å². The summed E-state index contributed by atoms with van der Waals surface area (Å²) in [6.07, 6.45) is 1.15. The normalized spacial score (nSPS) is 11.9. The van der Waals surface area contributed by atoms with E-state index < -0.39 is 0 Å². The molecule has 1 unspecified atom stereocenters. The molecule has 0 aliphatic rings. The van der Waals surface area contributed by atoms with E-state index in [0.717, 1.165) is 13.0 Å². The predicted molar refractivity (Wildman–Crippen MR) is 43.5 cm³/mol. The fourth-order valence-electron chi connectivity index (χ4n) is 0.541. The molecule has 1 atom stereocenters. The van der Waals surface area contributed by atoms with E-state index in [0.29, 0.717) is 0 Å². The average Bonchev–Trinajstić information content (AvgIpc) is 1.99. The van der Waals surface area contributed by atoms with Gasteiger partial charge in [-0.1, -0.05) is 6.92 Å². The number of hydrogen-bond donors (Lipinski definition) is 1. The Hall–Kier alpha value is -0.660. The number of aliphatic imine (C=N–C) groups is 2. The minimum absolute atomic E-state index is 0.176. The van der Waals surface area contributed by atoms with Crippen LogP contribution in [0, 0.1) is 0 Å². The second-order valence-electron chi connectivity index (χ2n) is 1.92. The molecule has 3 heteroatoms. The lowest BCUT2D eigenvalue weighted by atomic mass is 10.4. The third kappa shape index (κ3) is 4.24. The smallest absolute Gasteiger partial charge is 0.110 e. The molecule has 0 fully saturated rings. The Labute approximate surface area is 62.3 Å². The lowest BCUT2D eigenvalue weighted by molar-refractivity contribution is 0.573. The number of nitrogens with one attached hydrogen (secondary N) is 1. The van der Waals surface area contributed by atoms with E-state index in [2.05, 4.69) is 28.2 Å². The highest BCUT2D eigenvalue weighted by molar-refractivity contribution is 5.41. The van der Waals surface area contributed by atoms with Gasteiger partial charge in [-0.2, -0.15) is 0 Å². The Balaban J connectivity index is 3.71. The fourth-order valence-corrected chi connectivity index (χ4v) is 0.541. The summed E-state index contributed by atoms with van der Waals surface area (Å²) < 4.78 is 0. The molecule has 0 radical (unpaired) electrons. The van der Waals surface area contributed by atoms with Crippen LogP contribution in [0.3, 0.4) is 0 Å². The average molecular weight is 141 g/mol. The van der Waals surface area contributed by atoms with Crippen molar-refractivity contribution in [2.45, 2.75) is 26.4 Å². The van der Waals surface area contributed by atoms with Crippen molar-refractivity contribution < 1.29 is 0 Å². The summed E-state index contributed by atoms with van der Waals surface area (Å²) in [6, 6.07) is 2.62. The van der Waals surface area contributed by atoms with Crippen LogP contribution in [0.4, 0.5) is 0 Å². The molecule has 10 heavy (non-hydrogen) atoms. The van der Waals surface area contributed by atoms with E-state index in [4.69, 9.17) is 0 Å². The molecule has 0 amide bonds. The lowest BCUT2D eigenvalue weighted by Crippen LogP contribution is -2.21. The Morgan fingerprint density at radius 3 is 2.60 bits per heavy atom. The summed E-state index contributed by atoms with van der Waals surface area (Å²) in [5, 5.41) is 3.02. The van der Waals surface area contributed by atoms with Crippen LogP contribution in [0.25, 0.3) is 0 Å². The Morgan fingerprint density at radius 2 is 2.20 bits per heavy atom. The Kier molecular flexibility index (Phi) is 6.03. The first kappa shape index (κ1) is 9.34. The maximum Gasteiger partial charge on any atom is 0.110 e. The molecule has 0 bridgehead atoms. The minimum atomic E-state index is 0.176. The van der Waals surface area contributed by atoms with Gasteiger partial charge >= 0.3 is 0 Å². The highest BCUT2D eigenvalue weighted by atomic mass is 15.0. The molecule has 0 rings (SSSR count). The summed E-state index contributed by atoms with van der Waals surface area (Å²) in [7, 11) is 1.88. The first-order valence-corrected chi connectivity index (χ1v) is 3.63. The highest BCUT2D eigenvalue weighted by Crippen LogP contribution is 1.87. The van der Waals surface area contributed by atoms with Crippen molar-refractivity contribution in [3.05, 3.63) is 0 Å². The van der Waals surface area contributed by atoms with E-state index in [1.807, 2.05) is 14.0 Å². The van der Waals surface area contributed by atoms with Crippen LogP contribution in [-0.4, -0.2) is 25.8 Å². The fraction of sp³-hybridized carbons (Fsp3) is 0.857. The van der Waals surface area contributed by atoms with Gasteiger partial charge in [-0.25, -0.2) is 9.98 Å². The molecule has 0 saturated carbocycles. The molecule has 0 saturated heterocycles. The third-order valence-electron chi connectivity index (χ3n) is 1.16. The van der Waals surface area contributed by atoms with Crippen molar-refractivity contribution in [3.63, 3.8) is 0 Å². The lowest BCUT2D eigenvalue weighted by Gasteiger charge is -2.03. The standard InChI is InChI=1S/C7H15N3/c1-4-7(8-3)10-6-9-5-2/h7-8H,4-5H2,1-3H3. The third-order valence-corrected chi connectivity index (χ3v) is 1.16. The monoisotopic (exact) mass is 141 g/mol. The van der Waals surface area contributed by atoms with E-state index in [1.165, 1.54) is 0 Å². The van der Waals surface area contributed by atoms with Gasteiger partial charge in [-0.15, -0.1) is 0 Å². The van der Waals surface area contributed by atoms with Crippen molar-refractivity contribution in [3.8, 4) is 0 Å². The molecule has 3 nitrogen and oxygen atoms in total. The number of hydrogen-bond acceptors (Lipinski definition) is 3. The molecule has 0 heterocycles. The summed E-state index contributed by atoms with van der Waals surface area (Å²) in [6.45, 7) is 4.78. The predicted octanol–water partition coefficient (Wildman–Crippen LogP) is 1.14. The van der Waals surface area contributed by atoms with Crippen LogP contribution in [-0.2, 0) is 0 Å². The van der Waals surface area contributed by atoms with Gasteiger partial charge in [0.1, 0.15) is 6.17 Å². The van der Waals surface area contributed by atoms with Crippen LogP contribution in [0.15, 0.2) is 9.98 Å². The van der Waals surface area contributed by atoms with Gasteiger partial charge in [0.05, 0.1) is 6.01 Å². The Morgan fingerprint density at radius 1 is 1.50 bits per heavy atom. The summed E-state index contributed by atoms with van der Waals surface area (Å²) in [5.41, 5.74) is 0. The molecular formula is C7H15N3. The highest BCUT2D eigenvalue weighted by Gasteiger charge is 1.94. The summed E-state index contributed by atoms with van der Waals surface area (Å²) in [5.74, 6) is 0.